The highest BCUT2D eigenvalue weighted by atomic mass is 19.4. The van der Waals surface area contributed by atoms with Gasteiger partial charge in [-0.3, -0.25) is 4.79 Å². The average molecular weight is 448 g/mol. The van der Waals surface area contributed by atoms with E-state index in [9.17, 15) is 22.4 Å². The first kappa shape index (κ1) is 21.7. The van der Waals surface area contributed by atoms with E-state index in [4.69, 9.17) is 14.2 Å². The number of para-hydroxylation sites is 1. The quantitative estimate of drug-likeness (QED) is 0.535. The number of rotatable bonds is 5. The van der Waals surface area contributed by atoms with Crippen molar-refractivity contribution in [3.8, 4) is 11.5 Å². The van der Waals surface area contributed by atoms with Gasteiger partial charge in [0.1, 0.15) is 11.5 Å². The smallest absolute Gasteiger partial charge is 0.419 e. The van der Waals surface area contributed by atoms with E-state index in [0.29, 0.717) is 13.2 Å². The number of aromatic nitrogens is 1. The van der Waals surface area contributed by atoms with E-state index in [0.717, 1.165) is 6.07 Å². The van der Waals surface area contributed by atoms with Gasteiger partial charge in [-0.05, 0) is 42.5 Å². The van der Waals surface area contributed by atoms with E-state index in [1.165, 1.54) is 54.7 Å². The van der Waals surface area contributed by atoms with Crippen LogP contribution in [0.3, 0.4) is 0 Å². The van der Waals surface area contributed by atoms with Gasteiger partial charge >= 0.3 is 6.18 Å². The molecule has 0 unspecified atom stereocenters. The van der Waals surface area contributed by atoms with Crippen molar-refractivity contribution in [2.45, 2.75) is 12.5 Å². The lowest BCUT2D eigenvalue weighted by Crippen LogP contribution is -2.17. The van der Waals surface area contributed by atoms with E-state index in [1.807, 2.05) is 0 Å². The number of halogens is 4. The van der Waals surface area contributed by atoms with Gasteiger partial charge in [-0.15, -0.1) is 0 Å². The highest BCUT2D eigenvalue weighted by Gasteiger charge is 2.34. The molecule has 0 radical (unpaired) electrons. The molecule has 4 rings (SSSR count). The number of carbonyl (C=O) groups is 1. The van der Waals surface area contributed by atoms with Crippen molar-refractivity contribution in [2.75, 3.05) is 18.5 Å². The van der Waals surface area contributed by atoms with Crippen molar-refractivity contribution in [1.82, 2.24) is 4.98 Å². The molecular formula is C22H16F4N2O4. The number of anilines is 1. The topological polar surface area (TPSA) is 69.7 Å². The van der Waals surface area contributed by atoms with Crippen LogP contribution in [0.4, 0.5) is 23.2 Å². The fourth-order valence-electron chi connectivity index (χ4n) is 3.05. The first-order valence-corrected chi connectivity index (χ1v) is 9.46. The van der Waals surface area contributed by atoms with Crippen molar-refractivity contribution in [3.63, 3.8) is 0 Å². The first-order chi connectivity index (χ1) is 15.3. The number of nitrogens with one attached hydrogen (secondary N) is 1. The minimum atomic E-state index is -4.56. The van der Waals surface area contributed by atoms with Crippen LogP contribution in [0.2, 0.25) is 0 Å². The lowest BCUT2D eigenvalue weighted by atomic mass is 10.2. The molecule has 6 nitrogen and oxygen atoms in total. The molecule has 1 saturated heterocycles. The van der Waals surface area contributed by atoms with Crippen LogP contribution < -0.4 is 10.1 Å². The summed E-state index contributed by atoms with van der Waals surface area (Å²) in [5.41, 5.74) is -1.02. The second kappa shape index (κ2) is 8.93. The molecule has 0 spiro atoms. The van der Waals surface area contributed by atoms with Gasteiger partial charge in [0.2, 0.25) is 0 Å². The average Bonchev–Trinajstić information content (AvgIpc) is 3.29. The van der Waals surface area contributed by atoms with Crippen molar-refractivity contribution in [3.05, 3.63) is 83.4 Å². The maximum Gasteiger partial charge on any atom is 0.419 e. The van der Waals surface area contributed by atoms with Gasteiger partial charge in [-0.2, -0.15) is 13.2 Å². The molecule has 2 aromatic carbocycles. The molecule has 0 aliphatic carbocycles. The number of hydrogen-bond donors (Lipinski definition) is 1. The standard InChI is InChI=1S/C22H16F4N2O4/c23-18-15(21-30-11-12-31-21)9-10-27-19(18)20(29)28-13-5-7-14(8-6-13)32-17-4-2-1-3-16(17)22(24,25)26/h1-10,21H,11-12H2,(H,28,29). The number of benzene rings is 2. The number of pyridine rings is 1. The van der Waals surface area contributed by atoms with E-state index in [-0.39, 0.29) is 22.7 Å². The van der Waals surface area contributed by atoms with Crippen LogP contribution in [-0.4, -0.2) is 24.1 Å². The zero-order chi connectivity index (χ0) is 22.7. The molecular weight excluding hydrogens is 432 g/mol. The third kappa shape index (κ3) is 4.71. The molecule has 2 heterocycles. The molecule has 0 bridgehead atoms. The Balaban J connectivity index is 1.47. The summed E-state index contributed by atoms with van der Waals surface area (Å²) in [7, 11) is 0. The molecule has 0 atom stereocenters. The van der Waals surface area contributed by atoms with E-state index < -0.39 is 35.4 Å². The molecule has 1 aromatic heterocycles. The Morgan fingerprint density at radius 3 is 2.41 bits per heavy atom. The second-order valence-corrected chi connectivity index (χ2v) is 6.71. The Hall–Kier alpha value is -3.50. The fraction of sp³-hybridized carbons (Fsp3) is 0.182. The van der Waals surface area contributed by atoms with Gasteiger partial charge in [0, 0.05) is 17.4 Å². The number of alkyl halides is 3. The summed E-state index contributed by atoms with van der Waals surface area (Å²) in [6, 6.07) is 11.8. The minimum Gasteiger partial charge on any atom is -0.457 e. The molecule has 0 saturated carbocycles. The predicted molar refractivity (Wildman–Crippen MR) is 105 cm³/mol. The van der Waals surface area contributed by atoms with Gasteiger partial charge in [0.25, 0.3) is 5.91 Å². The van der Waals surface area contributed by atoms with Crippen LogP contribution in [0.5, 0.6) is 11.5 Å². The van der Waals surface area contributed by atoms with Crippen molar-refractivity contribution in [1.29, 1.82) is 0 Å². The molecule has 1 aliphatic rings. The summed E-state index contributed by atoms with van der Waals surface area (Å²) >= 11 is 0. The van der Waals surface area contributed by atoms with E-state index in [1.54, 1.807) is 0 Å². The third-order valence-electron chi connectivity index (χ3n) is 4.54. The Labute approximate surface area is 179 Å². The molecule has 166 valence electrons. The number of nitrogens with zero attached hydrogens (tertiary/aromatic N) is 1. The minimum absolute atomic E-state index is 0.0646. The predicted octanol–water partition coefficient (Wildman–Crippen LogP) is 5.33. The Morgan fingerprint density at radius 2 is 1.72 bits per heavy atom. The lowest BCUT2D eigenvalue weighted by molar-refractivity contribution is -0.138. The normalized spacial score (nSPS) is 14.4. The van der Waals surface area contributed by atoms with Gasteiger partial charge in [0.05, 0.1) is 18.8 Å². The zero-order valence-corrected chi connectivity index (χ0v) is 16.4. The molecule has 32 heavy (non-hydrogen) atoms. The summed E-state index contributed by atoms with van der Waals surface area (Å²) in [5.74, 6) is -1.89. The Bertz CT molecular complexity index is 1110. The number of amides is 1. The van der Waals surface area contributed by atoms with Crippen molar-refractivity contribution in [2.24, 2.45) is 0 Å². The van der Waals surface area contributed by atoms with Gasteiger partial charge in [-0.25, -0.2) is 9.37 Å². The molecule has 1 aliphatic heterocycles. The highest BCUT2D eigenvalue weighted by molar-refractivity contribution is 6.03. The number of hydrogen-bond acceptors (Lipinski definition) is 5. The maximum absolute atomic E-state index is 14.7. The third-order valence-corrected chi connectivity index (χ3v) is 4.54. The maximum atomic E-state index is 14.7. The van der Waals surface area contributed by atoms with Crippen LogP contribution in [-0.2, 0) is 15.7 Å². The highest BCUT2D eigenvalue weighted by Crippen LogP contribution is 2.38. The molecule has 1 N–H and O–H groups in total. The van der Waals surface area contributed by atoms with Crippen molar-refractivity contribution >= 4 is 11.6 Å². The van der Waals surface area contributed by atoms with Gasteiger partial charge < -0.3 is 19.5 Å². The zero-order valence-electron chi connectivity index (χ0n) is 16.4. The molecule has 10 heteroatoms. The summed E-state index contributed by atoms with van der Waals surface area (Å²) in [5, 5.41) is 2.48. The first-order valence-electron chi connectivity index (χ1n) is 9.46. The van der Waals surface area contributed by atoms with Crippen LogP contribution in [0, 0.1) is 5.82 Å². The largest absolute Gasteiger partial charge is 0.457 e. The summed E-state index contributed by atoms with van der Waals surface area (Å²) in [6.45, 7) is 0.631. The molecule has 1 fully saturated rings. The Morgan fingerprint density at radius 1 is 1.03 bits per heavy atom. The fourth-order valence-corrected chi connectivity index (χ4v) is 3.05. The number of ether oxygens (including phenoxy) is 3. The van der Waals surface area contributed by atoms with E-state index >= 15 is 0 Å². The van der Waals surface area contributed by atoms with Gasteiger partial charge in [0.15, 0.2) is 17.8 Å². The Kier molecular flexibility index (Phi) is 6.06. The lowest BCUT2D eigenvalue weighted by Gasteiger charge is -2.14. The van der Waals surface area contributed by atoms with Crippen LogP contribution in [0.1, 0.15) is 27.9 Å². The van der Waals surface area contributed by atoms with Crippen LogP contribution in [0.15, 0.2) is 60.8 Å². The van der Waals surface area contributed by atoms with E-state index in [2.05, 4.69) is 10.3 Å². The van der Waals surface area contributed by atoms with Crippen LogP contribution >= 0.6 is 0 Å². The monoisotopic (exact) mass is 448 g/mol. The van der Waals surface area contributed by atoms with Crippen LogP contribution in [0.25, 0.3) is 0 Å². The second-order valence-electron chi connectivity index (χ2n) is 6.71. The molecule has 1 amide bonds. The molecule has 3 aromatic rings. The summed E-state index contributed by atoms with van der Waals surface area (Å²) in [4.78, 5) is 16.3. The summed E-state index contributed by atoms with van der Waals surface area (Å²) < 4.78 is 69.9. The number of carbonyl (C=O) groups excluding carboxylic acids is 1. The summed E-state index contributed by atoms with van der Waals surface area (Å²) in [6.07, 6.45) is -4.20. The van der Waals surface area contributed by atoms with Gasteiger partial charge in [-0.1, -0.05) is 12.1 Å². The SMILES string of the molecule is O=C(Nc1ccc(Oc2ccccc2C(F)(F)F)cc1)c1nccc(C2OCCO2)c1F. The van der Waals surface area contributed by atoms with Crippen molar-refractivity contribution < 1.29 is 36.6 Å².